The summed E-state index contributed by atoms with van der Waals surface area (Å²) in [5, 5.41) is 5.47. The van der Waals surface area contributed by atoms with Crippen LogP contribution in [0.4, 0.5) is 11.4 Å². The molecule has 9 heteroatoms. The molecule has 2 amide bonds. The fourth-order valence-electron chi connectivity index (χ4n) is 3.97. The standard InChI is InChI=1S/C20H21N3O5S/c1-13(24)21-14-3-6-16(7-4-14)29(26,27)23-10-9-20(12-23)17-11-15(28-2)5-8-18(17)22-19(20)25/h3-8,11H,9-10,12H2,1-2H3,(H,21,24)(H,22,25)/t20-/m1/s1. The highest BCUT2D eigenvalue weighted by molar-refractivity contribution is 7.89. The summed E-state index contributed by atoms with van der Waals surface area (Å²) in [7, 11) is -2.23. The van der Waals surface area contributed by atoms with Crippen molar-refractivity contribution in [1.82, 2.24) is 4.31 Å². The SMILES string of the molecule is COc1ccc2c(c1)[C@]1(CCN(S(=O)(=O)c3ccc(NC(C)=O)cc3)C1)C(=O)N2. The van der Waals surface area contributed by atoms with E-state index >= 15 is 0 Å². The first-order valence-corrected chi connectivity index (χ1v) is 10.6. The van der Waals surface area contributed by atoms with E-state index in [1.165, 1.54) is 23.4 Å². The number of nitrogens with one attached hydrogen (secondary N) is 2. The molecule has 2 aromatic carbocycles. The number of nitrogens with zero attached hydrogens (tertiary/aromatic N) is 1. The van der Waals surface area contributed by atoms with Gasteiger partial charge in [-0.1, -0.05) is 0 Å². The van der Waals surface area contributed by atoms with Gasteiger partial charge in [0.1, 0.15) is 5.75 Å². The van der Waals surface area contributed by atoms with Crippen molar-refractivity contribution in [3.63, 3.8) is 0 Å². The maximum atomic E-state index is 13.1. The molecule has 29 heavy (non-hydrogen) atoms. The Kier molecular flexibility index (Phi) is 4.59. The molecule has 1 fully saturated rings. The summed E-state index contributed by atoms with van der Waals surface area (Å²) < 4.78 is 32.9. The van der Waals surface area contributed by atoms with Crippen LogP contribution < -0.4 is 15.4 Å². The van der Waals surface area contributed by atoms with E-state index in [0.29, 0.717) is 23.5 Å². The third kappa shape index (κ3) is 3.16. The third-order valence-corrected chi connectivity index (χ3v) is 7.33. The summed E-state index contributed by atoms with van der Waals surface area (Å²) in [6, 6.07) is 11.3. The second kappa shape index (κ2) is 6.85. The van der Waals surface area contributed by atoms with Crippen LogP contribution in [0.15, 0.2) is 47.4 Å². The molecule has 1 spiro atoms. The normalized spacial score (nSPS) is 21.1. The Bertz CT molecular complexity index is 1100. The van der Waals surface area contributed by atoms with Crippen LogP contribution in [-0.2, 0) is 25.0 Å². The molecule has 1 atom stereocenters. The first kappa shape index (κ1) is 19.4. The van der Waals surface area contributed by atoms with Crippen molar-refractivity contribution < 1.29 is 22.7 Å². The van der Waals surface area contributed by atoms with E-state index in [1.54, 1.807) is 37.4 Å². The van der Waals surface area contributed by atoms with Gasteiger partial charge in [-0.2, -0.15) is 4.31 Å². The van der Waals surface area contributed by atoms with Gasteiger partial charge >= 0.3 is 0 Å². The number of carbonyl (C=O) groups is 2. The zero-order valence-corrected chi connectivity index (χ0v) is 16.9. The summed E-state index contributed by atoms with van der Waals surface area (Å²) >= 11 is 0. The van der Waals surface area contributed by atoms with Gasteiger partial charge in [-0.15, -0.1) is 0 Å². The van der Waals surface area contributed by atoms with Crippen LogP contribution in [0.1, 0.15) is 18.9 Å². The Morgan fingerprint density at radius 2 is 1.93 bits per heavy atom. The number of sulfonamides is 1. The van der Waals surface area contributed by atoms with E-state index in [0.717, 1.165) is 5.56 Å². The molecule has 4 rings (SSSR count). The van der Waals surface area contributed by atoms with Crippen LogP contribution in [0.2, 0.25) is 0 Å². The predicted molar refractivity (Wildman–Crippen MR) is 107 cm³/mol. The lowest BCUT2D eigenvalue weighted by molar-refractivity contribution is -0.120. The van der Waals surface area contributed by atoms with Gasteiger partial charge in [-0.05, 0) is 54.4 Å². The minimum Gasteiger partial charge on any atom is -0.497 e. The van der Waals surface area contributed by atoms with Crippen LogP contribution >= 0.6 is 0 Å². The number of fused-ring (bicyclic) bond motifs is 2. The number of ether oxygens (including phenoxy) is 1. The van der Waals surface area contributed by atoms with E-state index in [2.05, 4.69) is 10.6 Å². The molecule has 2 heterocycles. The number of rotatable bonds is 4. The smallest absolute Gasteiger partial charge is 0.243 e. The van der Waals surface area contributed by atoms with Crippen LogP contribution in [0, 0.1) is 0 Å². The lowest BCUT2D eigenvalue weighted by Gasteiger charge is -2.23. The monoisotopic (exact) mass is 415 g/mol. The molecule has 2 aromatic rings. The molecule has 2 N–H and O–H groups in total. The summed E-state index contributed by atoms with van der Waals surface area (Å²) in [6.45, 7) is 1.68. The molecule has 8 nitrogen and oxygen atoms in total. The summed E-state index contributed by atoms with van der Waals surface area (Å²) in [4.78, 5) is 24.1. The minimum atomic E-state index is -3.78. The maximum Gasteiger partial charge on any atom is 0.243 e. The molecule has 0 aliphatic carbocycles. The highest BCUT2D eigenvalue weighted by Crippen LogP contribution is 2.46. The average Bonchev–Trinajstić information content (AvgIpc) is 3.25. The van der Waals surface area contributed by atoms with Crippen molar-refractivity contribution in [3.8, 4) is 5.75 Å². The molecule has 0 aromatic heterocycles. The van der Waals surface area contributed by atoms with Gasteiger partial charge in [-0.25, -0.2) is 8.42 Å². The predicted octanol–water partition coefficient (Wildman–Crippen LogP) is 1.94. The lowest BCUT2D eigenvalue weighted by atomic mass is 9.81. The van der Waals surface area contributed by atoms with Crippen LogP contribution in [-0.4, -0.2) is 44.7 Å². The van der Waals surface area contributed by atoms with Gasteiger partial charge in [0, 0.05) is 31.4 Å². The van der Waals surface area contributed by atoms with Gasteiger partial charge in [0.2, 0.25) is 21.8 Å². The first-order chi connectivity index (χ1) is 13.8. The Hall–Kier alpha value is -2.91. The molecule has 0 unspecified atom stereocenters. The van der Waals surface area contributed by atoms with Crippen LogP contribution in [0.25, 0.3) is 0 Å². The number of carbonyl (C=O) groups excluding carboxylic acids is 2. The van der Waals surface area contributed by atoms with Crippen molar-refractivity contribution in [2.75, 3.05) is 30.8 Å². The maximum absolute atomic E-state index is 13.1. The molecular formula is C20H21N3O5S. The molecule has 0 saturated carbocycles. The van der Waals surface area contributed by atoms with Crippen molar-refractivity contribution >= 4 is 33.2 Å². The Labute approximate surface area is 168 Å². The van der Waals surface area contributed by atoms with Crippen molar-refractivity contribution in [2.45, 2.75) is 23.7 Å². The minimum absolute atomic E-state index is 0.0643. The zero-order valence-electron chi connectivity index (χ0n) is 16.1. The van der Waals surface area contributed by atoms with Gasteiger partial charge in [0.25, 0.3) is 0 Å². The second-order valence-electron chi connectivity index (χ2n) is 7.24. The molecule has 0 bridgehead atoms. The Balaban J connectivity index is 1.63. The van der Waals surface area contributed by atoms with Crippen molar-refractivity contribution in [2.24, 2.45) is 0 Å². The second-order valence-corrected chi connectivity index (χ2v) is 9.18. The number of hydrogen-bond acceptors (Lipinski definition) is 5. The van der Waals surface area contributed by atoms with E-state index in [-0.39, 0.29) is 29.8 Å². The van der Waals surface area contributed by atoms with Crippen molar-refractivity contribution in [1.29, 1.82) is 0 Å². The quantitative estimate of drug-likeness (QED) is 0.794. The van der Waals surface area contributed by atoms with Gasteiger partial charge in [0.05, 0.1) is 17.4 Å². The molecule has 2 aliphatic heterocycles. The molecule has 1 saturated heterocycles. The highest BCUT2D eigenvalue weighted by atomic mass is 32.2. The molecule has 2 aliphatic rings. The van der Waals surface area contributed by atoms with E-state index in [4.69, 9.17) is 4.74 Å². The van der Waals surface area contributed by atoms with Crippen LogP contribution in [0.5, 0.6) is 5.75 Å². The van der Waals surface area contributed by atoms with Crippen molar-refractivity contribution in [3.05, 3.63) is 48.0 Å². The number of methoxy groups -OCH3 is 1. The molecule has 0 radical (unpaired) electrons. The fourth-order valence-corrected chi connectivity index (χ4v) is 5.47. The Morgan fingerprint density at radius 3 is 2.59 bits per heavy atom. The number of benzene rings is 2. The van der Waals surface area contributed by atoms with Crippen LogP contribution in [0.3, 0.4) is 0 Å². The van der Waals surface area contributed by atoms with Gasteiger partial charge in [-0.3, -0.25) is 9.59 Å². The number of amides is 2. The molecular weight excluding hydrogens is 394 g/mol. The summed E-state index contributed by atoms with van der Waals surface area (Å²) in [5.41, 5.74) is 1.05. The average molecular weight is 415 g/mol. The summed E-state index contributed by atoms with van der Waals surface area (Å²) in [5.74, 6) is 0.192. The van der Waals surface area contributed by atoms with E-state index < -0.39 is 15.4 Å². The first-order valence-electron chi connectivity index (χ1n) is 9.14. The summed E-state index contributed by atoms with van der Waals surface area (Å²) in [6.07, 6.45) is 0.391. The largest absolute Gasteiger partial charge is 0.497 e. The van der Waals surface area contributed by atoms with E-state index in [9.17, 15) is 18.0 Å². The Morgan fingerprint density at radius 1 is 1.21 bits per heavy atom. The van der Waals surface area contributed by atoms with Gasteiger partial charge in [0.15, 0.2) is 0 Å². The topological polar surface area (TPSA) is 105 Å². The third-order valence-electron chi connectivity index (χ3n) is 5.47. The van der Waals surface area contributed by atoms with Gasteiger partial charge < -0.3 is 15.4 Å². The lowest BCUT2D eigenvalue weighted by Crippen LogP contribution is -2.39. The fraction of sp³-hybridized carbons (Fsp3) is 0.300. The number of anilines is 2. The number of hydrogen-bond donors (Lipinski definition) is 2. The highest BCUT2D eigenvalue weighted by Gasteiger charge is 2.53. The zero-order chi connectivity index (χ0) is 20.8. The van der Waals surface area contributed by atoms with E-state index in [1.807, 2.05) is 0 Å². The molecule has 152 valence electrons.